The van der Waals surface area contributed by atoms with Gasteiger partial charge in [-0.3, -0.25) is 5.43 Å². The Hall–Kier alpha value is -2.31. The number of hydrogen-bond donors (Lipinski definition) is 3. The standard InChI is InChI=1S/C15H17BN2O3/c1-2-21-15-9-8-13(16(19)20)10-12(15)11-17-18-14-6-4-3-5-7-14/h3-11,18-20H,2H2,1H3. The number of ether oxygens (including phenoxy) is 1. The van der Waals surface area contributed by atoms with Crippen LogP contribution in [0.5, 0.6) is 5.75 Å². The first kappa shape index (κ1) is 15.1. The molecule has 0 amide bonds. The van der Waals surface area contributed by atoms with E-state index in [1.54, 1.807) is 24.4 Å². The molecule has 0 aliphatic heterocycles. The molecule has 0 radical (unpaired) electrons. The molecule has 2 rings (SSSR count). The summed E-state index contributed by atoms with van der Waals surface area (Å²) in [6, 6.07) is 14.5. The molecule has 6 heteroatoms. The Balaban J connectivity index is 2.18. The molecule has 0 aromatic heterocycles. The number of anilines is 1. The molecule has 0 saturated heterocycles. The van der Waals surface area contributed by atoms with Gasteiger partial charge < -0.3 is 14.8 Å². The zero-order valence-corrected chi connectivity index (χ0v) is 11.7. The third kappa shape index (κ3) is 4.34. The molecule has 21 heavy (non-hydrogen) atoms. The summed E-state index contributed by atoms with van der Waals surface area (Å²) in [5, 5.41) is 22.6. The highest BCUT2D eigenvalue weighted by Gasteiger charge is 2.13. The van der Waals surface area contributed by atoms with Crippen molar-refractivity contribution in [3.8, 4) is 5.75 Å². The first-order chi connectivity index (χ1) is 10.2. The minimum absolute atomic E-state index is 0.389. The maximum atomic E-state index is 9.23. The van der Waals surface area contributed by atoms with Gasteiger partial charge in [0.05, 0.1) is 18.5 Å². The highest BCUT2D eigenvalue weighted by atomic mass is 16.5. The topological polar surface area (TPSA) is 74.1 Å². The van der Waals surface area contributed by atoms with Crippen LogP contribution >= 0.6 is 0 Å². The van der Waals surface area contributed by atoms with Gasteiger partial charge in [-0.2, -0.15) is 5.10 Å². The number of benzene rings is 2. The number of hydrazone groups is 1. The van der Waals surface area contributed by atoms with Crippen molar-refractivity contribution < 1.29 is 14.8 Å². The van der Waals surface area contributed by atoms with Crippen molar-refractivity contribution >= 4 is 24.5 Å². The molecular weight excluding hydrogens is 267 g/mol. The van der Waals surface area contributed by atoms with Crippen molar-refractivity contribution in [1.82, 2.24) is 0 Å². The lowest BCUT2D eigenvalue weighted by molar-refractivity contribution is 0.340. The van der Waals surface area contributed by atoms with E-state index in [9.17, 15) is 10.0 Å². The first-order valence-electron chi connectivity index (χ1n) is 6.67. The van der Waals surface area contributed by atoms with E-state index in [1.807, 2.05) is 37.3 Å². The molecule has 5 nitrogen and oxygen atoms in total. The lowest BCUT2D eigenvalue weighted by Gasteiger charge is -2.09. The second kappa shape index (κ2) is 7.47. The van der Waals surface area contributed by atoms with Gasteiger partial charge in [0.1, 0.15) is 5.75 Å². The van der Waals surface area contributed by atoms with Crippen molar-refractivity contribution in [2.75, 3.05) is 12.0 Å². The quantitative estimate of drug-likeness (QED) is 0.423. The Morgan fingerprint density at radius 2 is 1.95 bits per heavy atom. The average Bonchev–Trinajstić information content (AvgIpc) is 2.50. The fourth-order valence-corrected chi connectivity index (χ4v) is 1.80. The molecule has 0 aliphatic rings. The van der Waals surface area contributed by atoms with Gasteiger partial charge in [0.2, 0.25) is 0 Å². The summed E-state index contributed by atoms with van der Waals surface area (Å²) in [4.78, 5) is 0. The SMILES string of the molecule is CCOc1ccc(B(O)O)cc1C=NNc1ccccc1. The molecule has 0 spiro atoms. The smallest absolute Gasteiger partial charge is 0.488 e. The van der Waals surface area contributed by atoms with Crippen LogP contribution in [0.3, 0.4) is 0 Å². The van der Waals surface area contributed by atoms with Gasteiger partial charge in [-0.15, -0.1) is 0 Å². The summed E-state index contributed by atoms with van der Waals surface area (Å²) < 4.78 is 5.49. The Labute approximate surface area is 124 Å². The number of nitrogens with one attached hydrogen (secondary N) is 1. The highest BCUT2D eigenvalue weighted by molar-refractivity contribution is 6.58. The zero-order chi connectivity index (χ0) is 15.1. The summed E-state index contributed by atoms with van der Waals surface area (Å²) in [5.74, 6) is 0.639. The first-order valence-corrected chi connectivity index (χ1v) is 6.67. The molecule has 0 heterocycles. The maximum absolute atomic E-state index is 9.23. The predicted molar refractivity (Wildman–Crippen MR) is 85.1 cm³/mol. The van der Waals surface area contributed by atoms with Crippen molar-refractivity contribution in [2.45, 2.75) is 6.92 Å². The summed E-state index contributed by atoms with van der Waals surface area (Å²) in [6.07, 6.45) is 1.59. The molecule has 108 valence electrons. The molecule has 0 unspecified atom stereocenters. The van der Waals surface area contributed by atoms with Gasteiger partial charge in [-0.1, -0.05) is 24.3 Å². The fourth-order valence-electron chi connectivity index (χ4n) is 1.80. The van der Waals surface area contributed by atoms with Gasteiger partial charge >= 0.3 is 7.12 Å². The van der Waals surface area contributed by atoms with E-state index < -0.39 is 7.12 Å². The van der Waals surface area contributed by atoms with Gasteiger partial charge in [0.25, 0.3) is 0 Å². The third-order valence-corrected chi connectivity index (χ3v) is 2.80. The maximum Gasteiger partial charge on any atom is 0.488 e. The van der Waals surface area contributed by atoms with Crippen LogP contribution in [0.2, 0.25) is 0 Å². The largest absolute Gasteiger partial charge is 0.493 e. The van der Waals surface area contributed by atoms with Gasteiger partial charge in [0.15, 0.2) is 0 Å². The zero-order valence-electron chi connectivity index (χ0n) is 11.7. The lowest BCUT2D eigenvalue weighted by atomic mass is 9.79. The average molecular weight is 284 g/mol. The predicted octanol–water partition coefficient (Wildman–Crippen LogP) is 1.21. The number of nitrogens with zero attached hydrogens (tertiary/aromatic N) is 1. The summed E-state index contributed by atoms with van der Waals surface area (Å²) in [6.45, 7) is 2.41. The van der Waals surface area contributed by atoms with E-state index in [2.05, 4.69) is 10.5 Å². The van der Waals surface area contributed by atoms with Crippen LogP contribution in [-0.2, 0) is 0 Å². The van der Waals surface area contributed by atoms with Gasteiger partial charge in [-0.25, -0.2) is 0 Å². The van der Waals surface area contributed by atoms with E-state index in [-0.39, 0.29) is 0 Å². The minimum Gasteiger partial charge on any atom is -0.493 e. The fraction of sp³-hybridized carbons (Fsp3) is 0.133. The van der Waals surface area contributed by atoms with Crippen molar-refractivity contribution in [2.24, 2.45) is 5.10 Å². The van der Waals surface area contributed by atoms with Crippen LogP contribution in [-0.4, -0.2) is 30.0 Å². The summed E-state index contributed by atoms with van der Waals surface area (Å²) >= 11 is 0. The third-order valence-electron chi connectivity index (χ3n) is 2.80. The number of para-hydroxylation sites is 1. The Kier molecular flexibility index (Phi) is 5.37. The van der Waals surface area contributed by atoms with Crippen LogP contribution in [0.1, 0.15) is 12.5 Å². The Bertz CT molecular complexity index is 603. The summed E-state index contributed by atoms with van der Waals surface area (Å²) in [7, 11) is -1.52. The van der Waals surface area contributed by atoms with Crippen LogP contribution in [0.15, 0.2) is 53.6 Å². The van der Waals surface area contributed by atoms with Crippen molar-refractivity contribution in [3.63, 3.8) is 0 Å². The second-order valence-electron chi connectivity index (χ2n) is 4.34. The number of rotatable bonds is 6. The van der Waals surface area contributed by atoms with E-state index in [0.717, 1.165) is 5.69 Å². The molecule has 0 fully saturated rings. The normalized spacial score (nSPS) is 10.6. The molecule has 0 saturated carbocycles. The number of hydrogen-bond acceptors (Lipinski definition) is 5. The molecule has 0 bridgehead atoms. The van der Waals surface area contributed by atoms with Gasteiger partial charge in [0, 0.05) is 5.56 Å². The van der Waals surface area contributed by atoms with Crippen LogP contribution in [0.25, 0.3) is 0 Å². The second-order valence-corrected chi connectivity index (χ2v) is 4.34. The molecule has 0 atom stereocenters. The van der Waals surface area contributed by atoms with E-state index >= 15 is 0 Å². The Morgan fingerprint density at radius 3 is 2.62 bits per heavy atom. The van der Waals surface area contributed by atoms with Crippen molar-refractivity contribution in [1.29, 1.82) is 0 Å². The monoisotopic (exact) mass is 284 g/mol. The molecule has 2 aromatic carbocycles. The molecule has 2 aromatic rings. The molecule has 0 aliphatic carbocycles. The minimum atomic E-state index is -1.52. The van der Waals surface area contributed by atoms with Crippen LogP contribution in [0.4, 0.5) is 5.69 Å². The van der Waals surface area contributed by atoms with E-state index in [4.69, 9.17) is 4.74 Å². The Morgan fingerprint density at radius 1 is 1.19 bits per heavy atom. The van der Waals surface area contributed by atoms with Crippen LogP contribution in [0, 0.1) is 0 Å². The van der Waals surface area contributed by atoms with Crippen molar-refractivity contribution in [3.05, 3.63) is 54.1 Å². The van der Waals surface area contributed by atoms with Crippen LogP contribution < -0.4 is 15.6 Å². The van der Waals surface area contributed by atoms with Gasteiger partial charge in [-0.05, 0) is 36.7 Å². The molecule has 3 N–H and O–H groups in total. The summed E-state index contributed by atoms with van der Waals surface area (Å²) in [5.41, 5.74) is 4.83. The highest BCUT2D eigenvalue weighted by Crippen LogP contribution is 2.15. The lowest BCUT2D eigenvalue weighted by Crippen LogP contribution is -2.30. The van der Waals surface area contributed by atoms with E-state index in [1.165, 1.54) is 0 Å². The van der Waals surface area contributed by atoms with E-state index in [0.29, 0.717) is 23.4 Å². The molecular formula is C15H17BN2O3.